The second-order valence-electron chi connectivity index (χ2n) is 10.0. The summed E-state index contributed by atoms with van der Waals surface area (Å²) < 4.78 is 29.2. The molecule has 0 fully saturated rings. The van der Waals surface area contributed by atoms with E-state index in [0.29, 0.717) is 32.7 Å². The number of carbonyl (C=O) groups excluding carboxylic acids is 2. The number of unbranched alkanes of at least 4 members (excludes halogenated alkanes) is 1. The van der Waals surface area contributed by atoms with Crippen LogP contribution >= 0.6 is 34.8 Å². The van der Waals surface area contributed by atoms with Gasteiger partial charge in [-0.1, -0.05) is 84.9 Å². The summed E-state index contributed by atoms with van der Waals surface area (Å²) in [6, 6.07) is 15.3. The Kier molecular flexibility index (Phi) is 12.1. The molecule has 1 atom stereocenters. The molecule has 3 aromatic rings. The summed E-state index contributed by atoms with van der Waals surface area (Å²) >= 11 is 19.2. The lowest BCUT2D eigenvalue weighted by Crippen LogP contribution is -2.52. The zero-order valence-electron chi connectivity index (χ0n) is 24.2. The molecule has 0 saturated carbocycles. The molecule has 0 spiro atoms. The number of nitrogens with one attached hydrogen (secondary N) is 1. The van der Waals surface area contributed by atoms with Gasteiger partial charge < -0.3 is 10.2 Å². The van der Waals surface area contributed by atoms with Crippen molar-refractivity contribution in [2.75, 3.05) is 17.4 Å². The Bertz CT molecular complexity index is 1490. The summed E-state index contributed by atoms with van der Waals surface area (Å²) in [5, 5.41) is 3.87. The minimum absolute atomic E-state index is 0.0188. The van der Waals surface area contributed by atoms with Crippen LogP contribution in [-0.2, 0) is 26.2 Å². The maximum Gasteiger partial charge on any atom is 0.264 e. The number of carbonyl (C=O) groups is 2. The summed E-state index contributed by atoms with van der Waals surface area (Å²) in [5.41, 5.74) is 2.21. The molecule has 0 aliphatic rings. The first-order chi connectivity index (χ1) is 19.9. The molecule has 226 valence electrons. The highest BCUT2D eigenvalue weighted by Gasteiger charge is 2.34. The molecule has 0 aromatic heterocycles. The zero-order chi connectivity index (χ0) is 31.0. The average molecular weight is 653 g/mol. The van der Waals surface area contributed by atoms with E-state index in [1.54, 1.807) is 56.3 Å². The van der Waals surface area contributed by atoms with Gasteiger partial charge in [-0.3, -0.25) is 13.9 Å². The zero-order valence-corrected chi connectivity index (χ0v) is 27.2. The molecule has 3 rings (SSSR count). The van der Waals surface area contributed by atoms with Crippen LogP contribution in [0.15, 0.2) is 65.6 Å². The molecule has 0 heterocycles. The van der Waals surface area contributed by atoms with E-state index in [4.69, 9.17) is 34.8 Å². The number of hydrogen-bond acceptors (Lipinski definition) is 4. The second kappa shape index (κ2) is 15.1. The van der Waals surface area contributed by atoms with Crippen molar-refractivity contribution in [2.45, 2.75) is 64.4 Å². The van der Waals surface area contributed by atoms with Crippen LogP contribution in [0.1, 0.15) is 49.8 Å². The van der Waals surface area contributed by atoms with E-state index in [-0.39, 0.29) is 29.5 Å². The van der Waals surface area contributed by atoms with Gasteiger partial charge in [-0.05, 0) is 68.7 Å². The van der Waals surface area contributed by atoms with Crippen molar-refractivity contribution in [1.82, 2.24) is 10.2 Å². The van der Waals surface area contributed by atoms with Gasteiger partial charge in [0.05, 0.1) is 10.6 Å². The second-order valence-corrected chi connectivity index (χ2v) is 13.2. The van der Waals surface area contributed by atoms with Crippen molar-refractivity contribution < 1.29 is 18.0 Å². The van der Waals surface area contributed by atoms with Gasteiger partial charge in [-0.25, -0.2) is 8.42 Å². The number of anilines is 1. The van der Waals surface area contributed by atoms with Crippen molar-refractivity contribution in [2.24, 2.45) is 0 Å². The topological polar surface area (TPSA) is 86.8 Å². The van der Waals surface area contributed by atoms with Crippen LogP contribution in [0.2, 0.25) is 15.1 Å². The molecule has 0 saturated heterocycles. The molecule has 0 radical (unpaired) electrons. The number of aryl methyl sites for hydroxylation is 2. The minimum atomic E-state index is -4.22. The molecule has 0 bridgehead atoms. The van der Waals surface area contributed by atoms with Crippen molar-refractivity contribution in [1.29, 1.82) is 0 Å². The molecule has 11 heteroatoms. The van der Waals surface area contributed by atoms with Gasteiger partial charge in [-0.15, -0.1) is 0 Å². The van der Waals surface area contributed by atoms with Gasteiger partial charge in [0.15, 0.2) is 0 Å². The van der Waals surface area contributed by atoms with Crippen LogP contribution in [0, 0.1) is 13.8 Å². The minimum Gasteiger partial charge on any atom is -0.354 e. The normalized spacial score (nSPS) is 12.1. The third kappa shape index (κ3) is 8.19. The molecular weight excluding hydrogens is 617 g/mol. The van der Waals surface area contributed by atoms with E-state index in [9.17, 15) is 18.0 Å². The summed E-state index contributed by atoms with van der Waals surface area (Å²) in [6.07, 6.45) is 1.95. The first-order valence-electron chi connectivity index (χ1n) is 13.8. The van der Waals surface area contributed by atoms with Crippen molar-refractivity contribution in [3.8, 4) is 0 Å². The van der Waals surface area contributed by atoms with Crippen molar-refractivity contribution in [3.05, 3.63) is 92.4 Å². The first kappa shape index (κ1) is 33.7. The molecule has 1 N–H and O–H groups in total. The maximum atomic E-state index is 14.2. The quantitative estimate of drug-likeness (QED) is 0.198. The molecule has 42 heavy (non-hydrogen) atoms. The van der Waals surface area contributed by atoms with Crippen LogP contribution in [0.4, 0.5) is 5.69 Å². The van der Waals surface area contributed by atoms with E-state index >= 15 is 0 Å². The Labute approximate surface area is 263 Å². The highest BCUT2D eigenvalue weighted by Crippen LogP contribution is 2.31. The summed E-state index contributed by atoms with van der Waals surface area (Å²) in [4.78, 5) is 28.9. The Morgan fingerprint density at radius 1 is 0.929 bits per heavy atom. The maximum absolute atomic E-state index is 14.2. The van der Waals surface area contributed by atoms with E-state index in [1.807, 2.05) is 13.8 Å². The van der Waals surface area contributed by atoms with Gasteiger partial charge in [0.25, 0.3) is 10.0 Å². The van der Waals surface area contributed by atoms with Crippen LogP contribution < -0.4 is 9.62 Å². The molecule has 2 amide bonds. The fourth-order valence-electron chi connectivity index (χ4n) is 4.48. The van der Waals surface area contributed by atoms with E-state index in [0.717, 1.165) is 22.7 Å². The number of sulfonamides is 1. The van der Waals surface area contributed by atoms with Crippen LogP contribution in [0.3, 0.4) is 0 Å². The van der Waals surface area contributed by atoms with Gasteiger partial charge in [0.1, 0.15) is 12.6 Å². The summed E-state index contributed by atoms with van der Waals surface area (Å²) in [6.45, 7) is 7.18. The van der Waals surface area contributed by atoms with E-state index < -0.39 is 28.5 Å². The SMILES string of the molecule is CCCCNC(=O)[C@H](CC)N(Cc1c(Cl)cccc1Cl)C(=O)CN(c1cc(Cl)ccc1C)S(=O)(=O)c1ccc(C)cc1. The molecule has 3 aromatic carbocycles. The molecular formula is C31H36Cl3N3O4S. The fraction of sp³-hybridized carbons (Fsp3) is 0.355. The molecule has 0 aliphatic heterocycles. The first-order valence-corrected chi connectivity index (χ1v) is 16.3. The predicted molar refractivity (Wildman–Crippen MR) is 171 cm³/mol. The predicted octanol–water partition coefficient (Wildman–Crippen LogP) is 7.18. The Hall–Kier alpha value is -2.78. The van der Waals surface area contributed by atoms with Crippen LogP contribution in [-0.4, -0.2) is 44.3 Å². The highest BCUT2D eigenvalue weighted by atomic mass is 35.5. The smallest absolute Gasteiger partial charge is 0.264 e. The molecule has 0 aliphatic carbocycles. The van der Waals surface area contributed by atoms with Crippen molar-refractivity contribution in [3.63, 3.8) is 0 Å². The number of amides is 2. The fourth-order valence-corrected chi connectivity index (χ4v) is 6.64. The number of halogens is 3. The summed E-state index contributed by atoms with van der Waals surface area (Å²) in [5.74, 6) is -0.937. The third-order valence-electron chi connectivity index (χ3n) is 6.93. The Morgan fingerprint density at radius 2 is 1.57 bits per heavy atom. The van der Waals surface area contributed by atoms with Gasteiger partial charge in [0.2, 0.25) is 11.8 Å². The monoisotopic (exact) mass is 651 g/mol. The van der Waals surface area contributed by atoms with Gasteiger partial charge in [-0.2, -0.15) is 0 Å². The van der Waals surface area contributed by atoms with Crippen LogP contribution in [0.25, 0.3) is 0 Å². The molecule has 0 unspecified atom stereocenters. The molecule has 7 nitrogen and oxygen atoms in total. The number of hydrogen-bond donors (Lipinski definition) is 1. The lowest BCUT2D eigenvalue weighted by Gasteiger charge is -2.34. The van der Waals surface area contributed by atoms with E-state index in [1.165, 1.54) is 23.1 Å². The average Bonchev–Trinajstić information content (AvgIpc) is 2.94. The lowest BCUT2D eigenvalue weighted by molar-refractivity contribution is -0.140. The van der Waals surface area contributed by atoms with Crippen LogP contribution in [0.5, 0.6) is 0 Å². The Balaban J connectivity index is 2.12. The van der Waals surface area contributed by atoms with Gasteiger partial charge >= 0.3 is 0 Å². The van der Waals surface area contributed by atoms with E-state index in [2.05, 4.69) is 5.32 Å². The lowest BCUT2D eigenvalue weighted by atomic mass is 10.1. The van der Waals surface area contributed by atoms with Crippen molar-refractivity contribution >= 4 is 62.3 Å². The largest absolute Gasteiger partial charge is 0.354 e. The number of benzene rings is 3. The summed E-state index contributed by atoms with van der Waals surface area (Å²) in [7, 11) is -4.22. The van der Waals surface area contributed by atoms with Gasteiger partial charge in [0, 0.05) is 33.7 Å². The number of rotatable bonds is 13. The Morgan fingerprint density at radius 3 is 2.17 bits per heavy atom. The third-order valence-corrected chi connectivity index (χ3v) is 9.65. The standard InChI is InChI=1S/C31H36Cl3N3O4S/c1-5-7-17-35-31(39)28(6-2)36(19-25-26(33)9-8-10-27(25)34)30(38)20-37(29-18-23(32)14-13-22(29)4)42(40,41)24-15-11-21(3)12-16-24/h8-16,18,28H,5-7,17,19-20H2,1-4H3,(H,35,39)/t28-/m0/s1. The number of nitrogens with zero attached hydrogens (tertiary/aromatic N) is 2. The highest BCUT2D eigenvalue weighted by molar-refractivity contribution is 7.92.